The molecule has 0 saturated carbocycles. The molecule has 2 heterocycles. The molecule has 68 valence electrons. The summed E-state index contributed by atoms with van der Waals surface area (Å²) in [6.45, 7) is 1.87. The van der Waals surface area contributed by atoms with Gasteiger partial charge in [0, 0.05) is 11.6 Å². The molecule has 0 aliphatic carbocycles. The summed E-state index contributed by atoms with van der Waals surface area (Å²) in [7, 11) is 0. The van der Waals surface area contributed by atoms with E-state index in [4.69, 9.17) is 9.15 Å². The lowest BCUT2D eigenvalue weighted by molar-refractivity contribution is -0.122. The molecular formula is C10H10O3. The van der Waals surface area contributed by atoms with Crippen molar-refractivity contribution in [3.8, 4) is 0 Å². The van der Waals surface area contributed by atoms with Gasteiger partial charge in [0.15, 0.2) is 5.78 Å². The average molecular weight is 178 g/mol. The van der Waals surface area contributed by atoms with Crippen LogP contribution in [0.1, 0.15) is 18.9 Å². The first-order chi connectivity index (χ1) is 6.21. The zero-order valence-electron chi connectivity index (χ0n) is 7.32. The van der Waals surface area contributed by atoms with Gasteiger partial charge < -0.3 is 9.15 Å². The maximum Gasteiger partial charge on any atom is 0.163 e. The third-order valence-electron chi connectivity index (χ3n) is 2.23. The van der Waals surface area contributed by atoms with Crippen LogP contribution in [0.25, 0.3) is 0 Å². The molecule has 0 radical (unpaired) electrons. The summed E-state index contributed by atoms with van der Waals surface area (Å²) in [4.78, 5) is 11.2. The van der Waals surface area contributed by atoms with E-state index in [1.807, 2.05) is 13.0 Å². The highest BCUT2D eigenvalue weighted by atomic mass is 16.5. The van der Waals surface area contributed by atoms with Crippen LogP contribution in [0.15, 0.2) is 35.3 Å². The molecule has 0 aromatic carbocycles. The number of furan rings is 1. The zero-order valence-corrected chi connectivity index (χ0v) is 7.32. The van der Waals surface area contributed by atoms with Gasteiger partial charge >= 0.3 is 0 Å². The summed E-state index contributed by atoms with van der Waals surface area (Å²) in [6.07, 6.45) is 6.43. The second kappa shape index (κ2) is 2.76. The minimum atomic E-state index is -0.557. The van der Waals surface area contributed by atoms with Gasteiger partial charge in [-0.2, -0.15) is 0 Å². The van der Waals surface area contributed by atoms with E-state index < -0.39 is 5.60 Å². The highest BCUT2D eigenvalue weighted by Gasteiger charge is 2.33. The van der Waals surface area contributed by atoms with Gasteiger partial charge in [-0.25, -0.2) is 0 Å². The van der Waals surface area contributed by atoms with Gasteiger partial charge in [-0.1, -0.05) is 0 Å². The van der Waals surface area contributed by atoms with Crippen LogP contribution < -0.4 is 0 Å². The Morgan fingerprint density at radius 3 is 3.00 bits per heavy atom. The van der Waals surface area contributed by atoms with Crippen molar-refractivity contribution in [2.45, 2.75) is 18.9 Å². The molecule has 1 aromatic heterocycles. The summed E-state index contributed by atoms with van der Waals surface area (Å²) in [6, 6.07) is 1.81. The predicted octanol–water partition coefficient (Wildman–Crippen LogP) is 2.00. The minimum Gasteiger partial charge on any atom is -0.490 e. The van der Waals surface area contributed by atoms with Crippen LogP contribution in [-0.2, 0) is 15.1 Å². The molecule has 1 aromatic rings. The molecule has 1 unspecified atom stereocenters. The maximum absolute atomic E-state index is 11.2. The zero-order chi connectivity index (χ0) is 9.31. The van der Waals surface area contributed by atoms with E-state index in [1.165, 1.54) is 12.3 Å². The molecule has 1 atom stereocenters. The van der Waals surface area contributed by atoms with E-state index in [0.717, 1.165) is 5.56 Å². The number of hydrogen-bond acceptors (Lipinski definition) is 3. The number of carbonyl (C=O) groups excluding carboxylic acids is 1. The van der Waals surface area contributed by atoms with Crippen molar-refractivity contribution in [3.63, 3.8) is 0 Å². The van der Waals surface area contributed by atoms with Crippen LogP contribution in [-0.4, -0.2) is 5.78 Å². The summed E-state index contributed by atoms with van der Waals surface area (Å²) < 4.78 is 10.4. The number of rotatable bonds is 1. The highest BCUT2D eigenvalue weighted by molar-refractivity contribution is 5.90. The fraction of sp³-hybridized carbons (Fsp3) is 0.300. The fourth-order valence-corrected chi connectivity index (χ4v) is 1.43. The van der Waals surface area contributed by atoms with Gasteiger partial charge in [0.25, 0.3) is 0 Å². The predicted molar refractivity (Wildman–Crippen MR) is 45.9 cm³/mol. The van der Waals surface area contributed by atoms with Crippen molar-refractivity contribution in [1.29, 1.82) is 0 Å². The molecule has 0 saturated heterocycles. The first-order valence-corrected chi connectivity index (χ1v) is 4.11. The van der Waals surface area contributed by atoms with Crippen LogP contribution in [0.5, 0.6) is 0 Å². The molecule has 3 nitrogen and oxygen atoms in total. The van der Waals surface area contributed by atoms with Gasteiger partial charge in [-0.15, -0.1) is 0 Å². The molecule has 1 aliphatic rings. The Morgan fingerprint density at radius 1 is 1.54 bits per heavy atom. The Kier molecular flexibility index (Phi) is 1.72. The molecule has 2 rings (SSSR count). The first-order valence-electron chi connectivity index (χ1n) is 4.11. The van der Waals surface area contributed by atoms with Crippen LogP contribution in [0.3, 0.4) is 0 Å². The SMILES string of the molecule is CC1(c2ccoc2)CC(=O)C=CO1. The molecule has 1 aliphatic heterocycles. The van der Waals surface area contributed by atoms with Gasteiger partial charge in [0.05, 0.1) is 25.2 Å². The van der Waals surface area contributed by atoms with Crippen molar-refractivity contribution in [2.75, 3.05) is 0 Å². The van der Waals surface area contributed by atoms with Crippen molar-refractivity contribution < 1.29 is 13.9 Å². The molecule has 0 bridgehead atoms. The van der Waals surface area contributed by atoms with Gasteiger partial charge in [0.1, 0.15) is 5.60 Å². The third kappa shape index (κ3) is 1.37. The van der Waals surface area contributed by atoms with E-state index in [1.54, 1.807) is 12.5 Å². The van der Waals surface area contributed by atoms with Crippen LogP contribution >= 0.6 is 0 Å². The Labute approximate surface area is 76.0 Å². The number of ketones is 1. The molecular weight excluding hydrogens is 168 g/mol. The Balaban J connectivity index is 2.32. The van der Waals surface area contributed by atoms with Crippen molar-refractivity contribution >= 4 is 5.78 Å². The number of carbonyl (C=O) groups is 1. The molecule has 13 heavy (non-hydrogen) atoms. The lowest BCUT2D eigenvalue weighted by Crippen LogP contribution is -2.29. The van der Waals surface area contributed by atoms with E-state index in [-0.39, 0.29) is 5.78 Å². The monoisotopic (exact) mass is 178 g/mol. The molecule has 0 fully saturated rings. The largest absolute Gasteiger partial charge is 0.490 e. The van der Waals surface area contributed by atoms with Crippen molar-refractivity contribution in [2.24, 2.45) is 0 Å². The topological polar surface area (TPSA) is 39.4 Å². The second-order valence-corrected chi connectivity index (χ2v) is 3.31. The van der Waals surface area contributed by atoms with E-state index in [0.29, 0.717) is 6.42 Å². The van der Waals surface area contributed by atoms with E-state index >= 15 is 0 Å². The van der Waals surface area contributed by atoms with E-state index in [9.17, 15) is 4.79 Å². The third-order valence-corrected chi connectivity index (χ3v) is 2.23. The quantitative estimate of drug-likeness (QED) is 0.660. The van der Waals surface area contributed by atoms with Gasteiger partial charge in [-0.05, 0) is 13.0 Å². The molecule has 0 spiro atoms. The molecule has 3 heteroatoms. The number of allylic oxidation sites excluding steroid dienone is 1. The first kappa shape index (κ1) is 8.10. The Bertz CT molecular complexity index is 337. The van der Waals surface area contributed by atoms with Gasteiger partial charge in [0.2, 0.25) is 0 Å². The smallest absolute Gasteiger partial charge is 0.163 e. The maximum atomic E-state index is 11.2. The Hall–Kier alpha value is -1.51. The van der Waals surface area contributed by atoms with Crippen molar-refractivity contribution in [1.82, 2.24) is 0 Å². The molecule has 0 N–H and O–H groups in total. The number of hydrogen-bond donors (Lipinski definition) is 0. The molecule has 0 amide bonds. The number of ether oxygens (including phenoxy) is 1. The summed E-state index contributed by atoms with van der Waals surface area (Å²) >= 11 is 0. The van der Waals surface area contributed by atoms with E-state index in [2.05, 4.69) is 0 Å². The highest BCUT2D eigenvalue weighted by Crippen LogP contribution is 2.32. The second-order valence-electron chi connectivity index (χ2n) is 3.31. The van der Waals surface area contributed by atoms with Crippen LogP contribution in [0.4, 0.5) is 0 Å². The summed E-state index contributed by atoms with van der Waals surface area (Å²) in [5.74, 6) is 0.0787. The van der Waals surface area contributed by atoms with Crippen LogP contribution in [0.2, 0.25) is 0 Å². The average Bonchev–Trinajstić information content (AvgIpc) is 2.55. The standard InChI is InChI=1S/C10H10O3/c1-10(8-2-4-12-7-8)6-9(11)3-5-13-10/h2-5,7H,6H2,1H3. The normalized spacial score (nSPS) is 27.3. The fourth-order valence-electron chi connectivity index (χ4n) is 1.43. The Morgan fingerprint density at radius 2 is 2.38 bits per heavy atom. The lowest BCUT2D eigenvalue weighted by Gasteiger charge is -2.29. The lowest BCUT2D eigenvalue weighted by atomic mass is 9.91. The summed E-state index contributed by atoms with van der Waals surface area (Å²) in [5, 5.41) is 0. The van der Waals surface area contributed by atoms with Crippen LogP contribution in [0, 0.1) is 0 Å². The van der Waals surface area contributed by atoms with Gasteiger partial charge in [-0.3, -0.25) is 4.79 Å². The summed E-state index contributed by atoms with van der Waals surface area (Å²) in [5.41, 5.74) is 0.337. The van der Waals surface area contributed by atoms with Crippen molar-refractivity contribution in [3.05, 3.63) is 36.5 Å². The minimum absolute atomic E-state index is 0.0787.